The van der Waals surface area contributed by atoms with Crippen molar-refractivity contribution in [2.45, 2.75) is 135 Å². The number of hydrogen-bond donors (Lipinski definition) is 2. The Morgan fingerprint density at radius 3 is 2.00 bits per heavy atom. The van der Waals surface area contributed by atoms with Gasteiger partial charge in [0, 0.05) is 40.3 Å². The van der Waals surface area contributed by atoms with E-state index in [1.807, 2.05) is 0 Å². The number of unbranched alkanes of at least 4 members (excludes halogenated alkanes) is 2. The Balaban J connectivity index is 1.84. The van der Waals surface area contributed by atoms with Crippen LogP contribution in [-0.4, -0.2) is 73.7 Å². The molecule has 38 heavy (non-hydrogen) atoms. The molecule has 11 nitrogen and oxygen atoms in total. The van der Waals surface area contributed by atoms with Gasteiger partial charge in [-0.1, -0.05) is 32.1 Å². The quantitative estimate of drug-likeness (QED) is 0.214. The average Bonchev–Trinajstić information content (AvgIpc) is 2.97. The van der Waals surface area contributed by atoms with Crippen LogP contribution in [0.3, 0.4) is 0 Å². The molecule has 0 radical (unpaired) electrons. The number of carbonyl (C=O) groups excluding carboxylic acids is 4. The summed E-state index contributed by atoms with van der Waals surface area (Å²) >= 11 is 0. The summed E-state index contributed by atoms with van der Waals surface area (Å²) in [7, 11) is 0. The monoisotopic (exact) mass is 542 g/mol. The molecule has 0 aromatic rings. The third-order valence-electron chi connectivity index (χ3n) is 6.76. The Morgan fingerprint density at radius 1 is 0.816 bits per heavy atom. The maximum atomic E-state index is 12.3. The second kappa shape index (κ2) is 17.4. The van der Waals surface area contributed by atoms with Crippen LogP contribution in [0.15, 0.2) is 0 Å². The lowest BCUT2D eigenvalue weighted by Crippen LogP contribution is -2.67. The first-order valence-electron chi connectivity index (χ1n) is 14.0. The van der Waals surface area contributed by atoms with Crippen LogP contribution < -0.4 is 11.1 Å². The summed E-state index contributed by atoms with van der Waals surface area (Å²) in [4.78, 5) is 47.7. The van der Waals surface area contributed by atoms with E-state index in [-0.39, 0.29) is 25.2 Å². The van der Waals surface area contributed by atoms with E-state index < -0.39 is 48.5 Å². The molecule has 0 spiro atoms. The molecule has 5 atom stereocenters. The van der Waals surface area contributed by atoms with E-state index in [9.17, 15) is 19.2 Å². The Labute approximate surface area is 225 Å². The summed E-state index contributed by atoms with van der Waals surface area (Å²) < 4.78 is 28.4. The number of nitrogens with two attached hydrogens (primary N) is 1. The molecule has 218 valence electrons. The Kier molecular flexibility index (Phi) is 14.6. The molecule has 3 N–H and O–H groups in total. The summed E-state index contributed by atoms with van der Waals surface area (Å²) in [5.74, 6) is -1.75. The van der Waals surface area contributed by atoms with E-state index in [1.165, 1.54) is 46.5 Å². The first-order valence-corrected chi connectivity index (χ1v) is 14.0. The number of hydrogen-bond acceptors (Lipinski definition) is 10. The molecular formula is C27H46N2O9. The molecule has 2 fully saturated rings. The molecule has 1 saturated carbocycles. The molecule has 0 aromatic carbocycles. The molecular weight excluding hydrogens is 496 g/mol. The molecule has 0 bridgehead atoms. The Hall–Kier alpha value is -2.24. The number of nitrogens with one attached hydrogen (secondary N) is 1. The normalized spacial score (nSPS) is 26.8. The second-order valence-corrected chi connectivity index (χ2v) is 10.1. The van der Waals surface area contributed by atoms with Gasteiger partial charge < -0.3 is 34.7 Å². The number of carbonyl (C=O) groups is 4. The highest BCUT2D eigenvalue weighted by Gasteiger charge is 2.50. The fourth-order valence-corrected chi connectivity index (χ4v) is 5.00. The molecule has 2 rings (SSSR count). The zero-order valence-corrected chi connectivity index (χ0v) is 23.1. The number of amides is 1. The molecule has 2 aliphatic rings. The van der Waals surface area contributed by atoms with Gasteiger partial charge in [-0.25, -0.2) is 0 Å². The predicted octanol–water partition coefficient (Wildman–Crippen LogP) is 2.66. The van der Waals surface area contributed by atoms with Gasteiger partial charge in [0.05, 0.1) is 0 Å². The van der Waals surface area contributed by atoms with Gasteiger partial charge in [-0.05, 0) is 38.5 Å². The lowest BCUT2D eigenvalue weighted by molar-refractivity contribution is -0.269. The minimum atomic E-state index is -1.04. The van der Waals surface area contributed by atoms with Crippen LogP contribution in [0, 0.1) is 0 Å². The SMILES string of the molecule is CC(=O)NC1C(OCCCCCC(=O)OC2CCCCCCCC2)OC(CN)C(OC(C)=O)C1OC(C)=O. The molecule has 1 aliphatic heterocycles. The van der Waals surface area contributed by atoms with Crippen molar-refractivity contribution >= 4 is 23.8 Å². The van der Waals surface area contributed by atoms with Gasteiger partial charge in [-0.15, -0.1) is 0 Å². The molecule has 1 heterocycles. The summed E-state index contributed by atoms with van der Waals surface area (Å²) in [6.07, 6.45) is 7.70. The fourth-order valence-electron chi connectivity index (χ4n) is 5.00. The number of esters is 3. The van der Waals surface area contributed by atoms with Crippen LogP contribution >= 0.6 is 0 Å². The van der Waals surface area contributed by atoms with Crippen molar-refractivity contribution in [1.82, 2.24) is 5.32 Å². The summed E-state index contributed by atoms with van der Waals surface area (Å²) in [5, 5.41) is 2.69. The smallest absolute Gasteiger partial charge is 0.306 e. The number of rotatable bonds is 12. The van der Waals surface area contributed by atoms with Gasteiger partial charge in [0.1, 0.15) is 18.2 Å². The first kappa shape index (κ1) is 32.0. The van der Waals surface area contributed by atoms with Gasteiger partial charge in [0.2, 0.25) is 5.91 Å². The van der Waals surface area contributed by atoms with Crippen molar-refractivity contribution in [2.24, 2.45) is 5.73 Å². The highest BCUT2D eigenvalue weighted by Crippen LogP contribution is 2.27. The van der Waals surface area contributed by atoms with Crippen LogP contribution in [0.1, 0.15) is 97.8 Å². The average molecular weight is 543 g/mol. The van der Waals surface area contributed by atoms with Crippen LogP contribution in [0.5, 0.6) is 0 Å². The van der Waals surface area contributed by atoms with Crippen LogP contribution in [0.2, 0.25) is 0 Å². The van der Waals surface area contributed by atoms with Crippen molar-refractivity contribution in [2.75, 3.05) is 13.2 Å². The van der Waals surface area contributed by atoms with E-state index in [1.54, 1.807) is 0 Å². The van der Waals surface area contributed by atoms with Gasteiger partial charge >= 0.3 is 17.9 Å². The molecule has 1 saturated heterocycles. The molecule has 11 heteroatoms. The first-order chi connectivity index (χ1) is 18.2. The van der Waals surface area contributed by atoms with Gasteiger partial charge in [0.25, 0.3) is 0 Å². The van der Waals surface area contributed by atoms with E-state index in [4.69, 9.17) is 29.4 Å². The van der Waals surface area contributed by atoms with Crippen molar-refractivity contribution in [1.29, 1.82) is 0 Å². The van der Waals surface area contributed by atoms with E-state index in [0.717, 1.165) is 32.1 Å². The molecule has 1 aliphatic carbocycles. The zero-order valence-electron chi connectivity index (χ0n) is 23.1. The maximum absolute atomic E-state index is 12.3. The Morgan fingerprint density at radius 2 is 1.42 bits per heavy atom. The highest BCUT2D eigenvalue weighted by molar-refractivity contribution is 5.73. The van der Waals surface area contributed by atoms with Crippen molar-refractivity contribution < 1.29 is 42.9 Å². The second-order valence-electron chi connectivity index (χ2n) is 10.1. The highest BCUT2D eigenvalue weighted by atomic mass is 16.7. The number of ether oxygens (including phenoxy) is 5. The maximum Gasteiger partial charge on any atom is 0.306 e. The lowest BCUT2D eigenvalue weighted by Gasteiger charge is -2.45. The van der Waals surface area contributed by atoms with E-state index in [0.29, 0.717) is 19.3 Å². The van der Waals surface area contributed by atoms with Crippen molar-refractivity contribution in [3.8, 4) is 0 Å². The van der Waals surface area contributed by atoms with Crippen LogP contribution in [0.25, 0.3) is 0 Å². The van der Waals surface area contributed by atoms with E-state index in [2.05, 4.69) is 5.32 Å². The third-order valence-corrected chi connectivity index (χ3v) is 6.76. The van der Waals surface area contributed by atoms with Crippen LogP contribution in [0.4, 0.5) is 0 Å². The van der Waals surface area contributed by atoms with Gasteiger partial charge in [-0.3, -0.25) is 19.2 Å². The fraction of sp³-hybridized carbons (Fsp3) is 0.852. The van der Waals surface area contributed by atoms with Gasteiger partial charge in [0.15, 0.2) is 18.5 Å². The molecule has 5 unspecified atom stereocenters. The summed E-state index contributed by atoms with van der Waals surface area (Å²) in [6, 6.07) is -0.911. The Bertz CT molecular complexity index is 753. The van der Waals surface area contributed by atoms with E-state index >= 15 is 0 Å². The minimum absolute atomic E-state index is 0.0224. The van der Waals surface area contributed by atoms with Crippen molar-refractivity contribution in [3.63, 3.8) is 0 Å². The lowest BCUT2D eigenvalue weighted by atomic mass is 9.95. The summed E-state index contributed by atoms with van der Waals surface area (Å²) in [6.45, 7) is 4.02. The third kappa shape index (κ3) is 11.7. The zero-order chi connectivity index (χ0) is 27.9. The van der Waals surface area contributed by atoms with Gasteiger partial charge in [-0.2, -0.15) is 0 Å². The summed E-state index contributed by atoms with van der Waals surface area (Å²) in [5.41, 5.74) is 5.84. The molecule has 0 aromatic heterocycles. The minimum Gasteiger partial charge on any atom is -0.462 e. The molecule has 1 amide bonds. The standard InChI is InChI=1S/C27H46N2O9/c1-18(30)29-24-26(36-20(3)32)25(35-19(2)31)22(17-28)38-27(24)34-16-12-8-11-15-23(33)37-21-13-9-6-4-5-7-10-14-21/h21-22,24-27H,4-17,28H2,1-3H3,(H,29,30). The predicted molar refractivity (Wildman–Crippen MR) is 138 cm³/mol. The van der Waals surface area contributed by atoms with Crippen LogP contribution in [-0.2, 0) is 42.9 Å². The topological polar surface area (TPSA) is 152 Å². The largest absolute Gasteiger partial charge is 0.462 e. The van der Waals surface area contributed by atoms with Crippen molar-refractivity contribution in [3.05, 3.63) is 0 Å².